The molecule has 0 atom stereocenters. The summed E-state index contributed by atoms with van der Waals surface area (Å²) >= 11 is 0. The molecule has 1 aromatic heterocycles. The molecule has 2 heterocycles. The third kappa shape index (κ3) is 3.03. The highest BCUT2D eigenvalue weighted by molar-refractivity contribution is 5.35. The first-order chi connectivity index (χ1) is 9.31. The molecule has 0 aliphatic carbocycles. The van der Waals surface area contributed by atoms with Gasteiger partial charge in [-0.05, 0) is 36.6 Å². The Morgan fingerprint density at radius 2 is 2.05 bits per heavy atom. The molecule has 1 aromatic carbocycles. The molecule has 0 radical (unpaired) electrons. The Morgan fingerprint density at radius 1 is 1.21 bits per heavy atom. The maximum atomic E-state index is 9.52. The molecule has 0 bridgehead atoms. The van der Waals surface area contributed by atoms with Crippen LogP contribution in [0.1, 0.15) is 18.4 Å². The van der Waals surface area contributed by atoms with Crippen LogP contribution in [0, 0.1) is 0 Å². The normalized spacial score (nSPS) is 17.7. The van der Waals surface area contributed by atoms with Crippen LogP contribution in [0.3, 0.4) is 0 Å². The largest absolute Gasteiger partial charge is 0.393 e. The lowest BCUT2D eigenvalue weighted by Crippen LogP contribution is -2.35. The molecule has 4 nitrogen and oxygen atoms in total. The minimum absolute atomic E-state index is 0.105. The zero-order valence-electron chi connectivity index (χ0n) is 10.9. The second-order valence-electron chi connectivity index (χ2n) is 5.13. The predicted octanol–water partition coefficient (Wildman–Crippen LogP) is 1.83. The predicted molar refractivity (Wildman–Crippen MR) is 74.1 cm³/mol. The summed E-state index contributed by atoms with van der Waals surface area (Å²) in [6.07, 6.45) is 5.42. The lowest BCUT2D eigenvalue weighted by atomic mass is 10.1. The van der Waals surface area contributed by atoms with Gasteiger partial charge in [-0.2, -0.15) is 5.10 Å². The van der Waals surface area contributed by atoms with Crippen LogP contribution in [-0.2, 0) is 6.54 Å². The zero-order chi connectivity index (χ0) is 13.1. The second-order valence-corrected chi connectivity index (χ2v) is 5.13. The van der Waals surface area contributed by atoms with Gasteiger partial charge in [0.2, 0.25) is 0 Å². The number of hydrogen-bond acceptors (Lipinski definition) is 3. The molecular weight excluding hydrogens is 238 g/mol. The first kappa shape index (κ1) is 12.4. The maximum absolute atomic E-state index is 9.52. The molecule has 19 heavy (non-hydrogen) atoms. The van der Waals surface area contributed by atoms with E-state index in [2.05, 4.69) is 34.3 Å². The second kappa shape index (κ2) is 5.55. The highest BCUT2D eigenvalue weighted by Crippen LogP contribution is 2.15. The van der Waals surface area contributed by atoms with Crippen LogP contribution in [0.4, 0.5) is 0 Å². The number of benzene rings is 1. The molecule has 3 rings (SSSR count). The van der Waals surface area contributed by atoms with E-state index in [0.29, 0.717) is 0 Å². The van der Waals surface area contributed by atoms with E-state index in [1.807, 2.05) is 16.9 Å². The highest BCUT2D eigenvalue weighted by atomic mass is 16.3. The molecule has 0 saturated carbocycles. The van der Waals surface area contributed by atoms with Gasteiger partial charge in [0.1, 0.15) is 0 Å². The number of aromatic nitrogens is 2. The molecule has 0 unspecified atom stereocenters. The molecule has 1 aliphatic rings. The van der Waals surface area contributed by atoms with Crippen molar-refractivity contribution in [3.63, 3.8) is 0 Å². The van der Waals surface area contributed by atoms with Gasteiger partial charge in [-0.3, -0.25) is 4.90 Å². The SMILES string of the molecule is OC1CCN(Cc2cccc(-n3cccn3)c2)CC1. The van der Waals surface area contributed by atoms with Gasteiger partial charge >= 0.3 is 0 Å². The number of aliphatic hydroxyl groups is 1. The van der Waals surface area contributed by atoms with E-state index in [9.17, 15) is 5.11 Å². The van der Waals surface area contributed by atoms with E-state index in [4.69, 9.17) is 0 Å². The van der Waals surface area contributed by atoms with Crippen LogP contribution < -0.4 is 0 Å². The topological polar surface area (TPSA) is 41.3 Å². The average Bonchev–Trinajstić information content (AvgIpc) is 2.96. The van der Waals surface area contributed by atoms with E-state index in [0.717, 1.165) is 38.2 Å². The van der Waals surface area contributed by atoms with Gasteiger partial charge in [0.25, 0.3) is 0 Å². The van der Waals surface area contributed by atoms with Gasteiger partial charge in [-0.15, -0.1) is 0 Å². The highest BCUT2D eigenvalue weighted by Gasteiger charge is 2.16. The summed E-state index contributed by atoms with van der Waals surface area (Å²) in [4.78, 5) is 2.40. The lowest BCUT2D eigenvalue weighted by molar-refractivity contribution is 0.0792. The zero-order valence-corrected chi connectivity index (χ0v) is 10.9. The van der Waals surface area contributed by atoms with Gasteiger partial charge < -0.3 is 5.11 Å². The molecule has 1 N–H and O–H groups in total. The van der Waals surface area contributed by atoms with Crippen LogP contribution in [0.2, 0.25) is 0 Å². The van der Waals surface area contributed by atoms with Crippen LogP contribution >= 0.6 is 0 Å². The van der Waals surface area contributed by atoms with E-state index in [-0.39, 0.29) is 6.10 Å². The van der Waals surface area contributed by atoms with Gasteiger partial charge in [-0.1, -0.05) is 12.1 Å². The minimum Gasteiger partial charge on any atom is -0.393 e. The summed E-state index contributed by atoms with van der Waals surface area (Å²) in [6, 6.07) is 10.4. The van der Waals surface area contributed by atoms with Gasteiger partial charge in [0.05, 0.1) is 11.8 Å². The Hall–Kier alpha value is -1.65. The van der Waals surface area contributed by atoms with Crippen molar-refractivity contribution in [2.24, 2.45) is 0 Å². The smallest absolute Gasteiger partial charge is 0.0648 e. The van der Waals surface area contributed by atoms with E-state index in [1.54, 1.807) is 6.20 Å². The van der Waals surface area contributed by atoms with Crippen LogP contribution in [0.5, 0.6) is 0 Å². The summed E-state index contributed by atoms with van der Waals surface area (Å²) in [5.41, 5.74) is 2.39. The van der Waals surface area contributed by atoms with Gasteiger partial charge in [0, 0.05) is 32.0 Å². The molecule has 0 spiro atoms. The first-order valence-corrected chi connectivity index (χ1v) is 6.80. The molecule has 100 valence electrons. The molecule has 2 aromatic rings. The summed E-state index contributed by atoms with van der Waals surface area (Å²) < 4.78 is 1.88. The Kier molecular flexibility index (Phi) is 3.62. The third-order valence-electron chi connectivity index (χ3n) is 3.64. The van der Waals surface area contributed by atoms with Gasteiger partial charge in [-0.25, -0.2) is 4.68 Å². The number of hydrogen-bond donors (Lipinski definition) is 1. The minimum atomic E-state index is -0.105. The molecule has 0 amide bonds. The van der Waals surface area contributed by atoms with Crippen molar-refractivity contribution in [3.05, 3.63) is 48.3 Å². The number of likely N-dealkylation sites (tertiary alicyclic amines) is 1. The number of nitrogens with zero attached hydrogens (tertiary/aromatic N) is 3. The Bertz CT molecular complexity index is 516. The van der Waals surface area contributed by atoms with Crippen molar-refractivity contribution < 1.29 is 5.11 Å². The monoisotopic (exact) mass is 257 g/mol. The van der Waals surface area contributed by atoms with Crippen molar-refractivity contribution in [1.82, 2.24) is 14.7 Å². The molecule has 4 heteroatoms. The van der Waals surface area contributed by atoms with E-state index >= 15 is 0 Å². The third-order valence-corrected chi connectivity index (χ3v) is 3.64. The summed E-state index contributed by atoms with van der Waals surface area (Å²) in [7, 11) is 0. The van der Waals surface area contributed by atoms with Crippen molar-refractivity contribution in [2.45, 2.75) is 25.5 Å². The summed E-state index contributed by atoms with van der Waals surface area (Å²) in [5.74, 6) is 0. The Balaban J connectivity index is 1.70. The van der Waals surface area contributed by atoms with Crippen LogP contribution in [0.15, 0.2) is 42.7 Å². The van der Waals surface area contributed by atoms with Gasteiger partial charge in [0.15, 0.2) is 0 Å². The Labute approximate surface area is 113 Å². The van der Waals surface area contributed by atoms with Crippen molar-refractivity contribution in [3.8, 4) is 5.69 Å². The fourth-order valence-electron chi connectivity index (χ4n) is 2.55. The molecule has 1 saturated heterocycles. The summed E-state index contributed by atoms with van der Waals surface area (Å²) in [5, 5.41) is 13.8. The van der Waals surface area contributed by atoms with Crippen LogP contribution in [-0.4, -0.2) is 39.0 Å². The van der Waals surface area contributed by atoms with Crippen molar-refractivity contribution in [2.75, 3.05) is 13.1 Å². The number of rotatable bonds is 3. The van der Waals surface area contributed by atoms with Crippen LogP contribution in [0.25, 0.3) is 5.69 Å². The molecule has 1 fully saturated rings. The first-order valence-electron chi connectivity index (χ1n) is 6.80. The van der Waals surface area contributed by atoms with E-state index < -0.39 is 0 Å². The standard InChI is InChI=1S/C15H19N3O/c19-15-5-9-17(10-6-15)12-13-3-1-4-14(11-13)18-8-2-7-16-18/h1-4,7-8,11,15,19H,5-6,9-10,12H2. The fraction of sp³-hybridized carbons (Fsp3) is 0.400. The summed E-state index contributed by atoms with van der Waals surface area (Å²) in [6.45, 7) is 2.90. The maximum Gasteiger partial charge on any atom is 0.0648 e. The molecular formula is C15H19N3O. The van der Waals surface area contributed by atoms with E-state index in [1.165, 1.54) is 5.56 Å². The quantitative estimate of drug-likeness (QED) is 0.912. The fourth-order valence-corrected chi connectivity index (χ4v) is 2.55. The van der Waals surface area contributed by atoms with Crippen molar-refractivity contribution in [1.29, 1.82) is 0 Å². The number of piperidine rings is 1. The van der Waals surface area contributed by atoms with Crippen molar-refractivity contribution >= 4 is 0 Å². The Morgan fingerprint density at radius 3 is 2.79 bits per heavy atom. The number of aliphatic hydroxyl groups excluding tert-OH is 1. The molecule has 1 aliphatic heterocycles. The lowest BCUT2D eigenvalue weighted by Gasteiger charge is -2.29. The average molecular weight is 257 g/mol.